The molecule has 1 N–H and O–H groups in total. The molecular weight excluding hydrogens is 272 g/mol. The topological polar surface area (TPSA) is 49.4 Å². The van der Waals surface area contributed by atoms with Gasteiger partial charge >= 0.3 is 0 Å². The molecule has 0 aliphatic carbocycles. The fourth-order valence-corrected chi connectivity index (χ4v) is 3.87. The van der Waals surface area contributed by atoms with Crippen molar-refractivity contribution < 1.29 is 8.42 Å². The molecule has 0 spiro atoms. The minimum Gasteiger partial charge on any atom is -0.316 e. The van der Waals surface area contributed by atoms with Gasteiger partial charge in [0.15, 0.2) is 0 Å². The first-order valence-corrected chi connectivity index (χ1v) is 8.74. The number of hydrogen-bond donors (Lipinski definition) is 1. The third kappa shape index (κ3) is 3.59. The van der Waals surface area contributed by atoms with Crippen LogP contribution in [0.5, 0.6) is 0 Å². The van der Waals surface area contributed by atoms with Gasteiger partial charge in [0.2, 0.25) is 10.0 Å². The minimum absolute atomic E-state index is 0.390. The van der Waals surface area contributed by atoms with E-state index in [1.807, 2.05) is 12.1 Å². The zero-order valence-corrected chi connectivity index (χ0v) is 13.1. The summed E-state index contributed by atoms with van der Waals surface area (Å²) < 4.78 is 26.5. The predicted octanol–water partition coefficient (Wildman–Crippen LogP) is 1.87. The second kappa shape index (κ2) is 6.70. The molecule has 4 nitrogen and oxygen atoms in total. The summed E-state index contributed by atoms with van der Waals surface area (Å²) in [5, 5.41) is 3.32. The largest absolute Gasteiger partial charge is 0.316 e. The molecule has 1 saturated heterocycles. The van der Waals surface area contributed by atoms with Crippen LogP contribution in [0.4, 0.5) is 0 Å². The number of sulfonamides is 1. The lowest BCUT2D eigenvalue weighted by Gasteiger charge is -2.27. The van der Waals surface area contributed by atoms with E-state index in [0.29, 0.717) is 17.4 Å². The van der Waals surface area contributed by atoms with Crippen molar-refractivity contribution in [3.63, 3.8) is 0 Å². The van der Waals surface area contributed by atoms with E-state index in [0.717, 1.165) is 37.9 Å². The van der Waals surface area contributed by atoms with Gasteiger partial charge in [-0.2, -0.15) is 0 Å². The number of nitrogens with zero attached hydrogens (tertiary/aromatic N) is 1. The molecule has 1 fully saturated rings. The van der Waals surface area contributed by atoms with Gasteiger partial charge < -0.3 is 5.32 Å². The van der Waals surface area contributed by atoms with Crippen molar-refractivity contribution in [2.24, 2.45) is 5.92 Å². The third-order valence-corrected chi connectivity index (χ3v) is 5.79. The number of piperidine rings is 1. The summed E-state index contributed by atoms with van der Waals surface area (Å²) in [6.07, 6.45) is 3.15. The smallest absolute Gasteiger partial charge is 0.242 e. The molecule has 0 aromatic heterocycles. The summed E-state index contributed by atoms with van der Waals surface area (Å²) in [5.74, 6) is 0.415. The van der Waals surface area contributed by atoms with Crippen molar-refractivity contribution in [1.82, 2.24) is 9.62 Å². The molecule has 1 aromatic carbocycles. The molecule has 1 unspecified atom stereocenters. The van der Waals surface area contributed by atoms with Gasteiger partial charge in [0.25, 0.3) is 0 Å². The zero-order valence-electron chi connectivity index (χ0n) is 12.3. The summed E-state index contributed by atoms with van der Waals surface area (Å²) in [4.78, 5) is 0.390. The highest BCUT2D eigenvalue weighted by Crippen LogP contribution is 2.19. The maximum absolute atomic E-state index is 12.5. The van der Waals surface area contributed by atoms with E-state index in [2.05, 4.69) is 12.2 Å². The Morgan fingerprint density at radius 1 is 1.30 bits per heavy atom. The molecule has 1 aromatic rings. The Bertz CT molecular complexity index is 519. The molecule has 112 valence electrons. The lowest BCUT2D eigenvalue weighted by Crippen LogP contribution is -2.39. The van der Waals surface area contributed by atoms with Crippen LogP contribution < -0.4 is 5.32 Å². The molecule has 1 atom stereocenters. The average molecular weight is 296 g/mol. The molecule has 0 saturated carbocycles. The molecule has 1 heterocycles. The van der Waals surface area contributed by atoms with Crippen molar-refractivity contribution >= 4 is 10.0 Å². The highest BCUT2D eigenvalue weighted by molar-refractivity contribution is 7.89. The van der Waals surface area contributed by atoms with Crippen molar-refractivity contribution in [1.29, 1.82) is 0 Å². The fourth-order valence-electron chi connectivity index (χ4n) is 2.62. The van der Waals surface area contributed by atoms with Crippen LogP contribution in [0.25, 0.3) is 0 Å². The molecule has 0 amide bonds. The van der Waals surface area contributed by atoms with E-state index in [-0.39, 0.29) is 0 Å². The van der Waals surface area contributed by atoms with E-state index >= 15 is 0 Å². The van der Waals surface area contributed by atoms with Crippen LogP contribution in [0, 0.1) is 5.92 Å². The highest BCUT2D eigenvalue weighted by atomic mass is 32.2. The zero-order chi connectivity index (χ0) is 14.6. The van der Waals surface area contributed by atoms with Gasteiger partial charge in [0, 0.05) is 13.6 Å². The first-order chi connectivity index (χ1) is 9.54. The summed E-state index contributed by atoms with van der Waals surface area (Å²) in [6, 6.07) is 7.21. The summed E-state index contributed by atoms with van der Waals surface area (Å²) in [6.45, 7) is 4.61. The fraction of sp³-hybridized carbons (Fsp3) is 0.600. The normalized spacial score (nSPS) is 20.2. The Kier molecular flexibility index (Phi) is 5.18. The van der Waals surface area contributed by atoms with Gasteiger partial charge in [-0.05, 0) is 56.0 Å². The summed E-state index contributed by atoms with van der Waals surface area (Å²) in [5.41, 5.74) is 1.16. The van der Waals surface area contributed by atoms with Gasteiger partial charge in [-0.1, -0.05) is 19.1 Å². The van der Waals surface area contributed by atoms with Crippen LogP contribution in [0.2, 0.25) is 0 Å². The van der Waals surface area contributed by atoms with Gasteiger partial charge in [-0.15, -0.1) is 0 Å². The summed E-state index contributed by atoms with van der Waals surface area (Å²) >= 11 is 0. The van der Waals surface area contributed by atoms with Crippen LogP contribution in [0.3, 0.4) is 0 Å². The lowest BCUT2D eigenvalue weighted by molar-refractivity contribution is 0.315. The molecular formula is C15H24N2O2S. The average Bonchev–Trinajstić information content (AvgIpc) is 2.48. The van der Waals surface area contributed by atoms with Crippen LogP contribution in [-0.4, -0.2) is 39.4 Å². The van der Waals surface area contributed by atoms with E-state index in [9.17, 15) is 8.42 Å². The lowest BCUT2D eigenvalue weighted by atomic mass is 10.00. The SMILES string of the molecule is CCc1ccc(S(=O)(=O)N(C)CC2CCCNC2)cc1. The standard InChI is InChI=1S/C15H24N2O2S/c1-3-13-6-8-15(9-7-13)20(18,19)17(2)12-14-5-4-10-16-11-14/h6-9,14,16H,3-5,10-12H2,1-2H3. The molecule has 0 bridgehead atoms. The molecule has 2 rings (SSSR count). The number of aryl methyl sites for hydroxylation is 1. The monoisotopic (exact) mass is 296 g/mol. The van der Waals surface area contributed by atoms with Crippen molar-refractivity contribution in [2.45, 2.75) is 31.1 Å². The molecule has 1 aliphatic heterocycles. The van der Waals surface area contributed by atoms with Gasteiger partial charge in [0.05, 0.1) is 4.90 Å². The van der Waals surface area contributed by atoms with E-state index < -0.39 is 10.0 Å². The van der Waals surface area contributed by atoms with Gasteiger partial charge in [-0.3, -0.25) is 0 Å². The van der Waals surface area contributed by atoms with E-state index in [4.69, 9.17) is 0 Å². The quantitative estimate of drug-likeness (QED) is 0.902. The van der Waals surface area contributed by atoms with Crippen LogP contribution >= 0.6 is 0 Å². The first kappa shape index (κ1) is 15.5. The highest BCUT2D eigenvalue weighted by Gasteiger charge is 2.24. The molecule has 0 radical (unpaired) electrons. The van der Waals surface area contributed by atoms with E-state index in [1.165, 1.54) is 4.31 Å². The minimum atomic E-state index is -3.36. The Balaban J connectivity index is 2.07. The van der Waals surface area contributed by atoms with Gasteiger partial charge in [-0.25, -0.2) is 12.7 Å². The van der Waals surface area contributed by atoms with E-state index in [1.54, 1.807) is 19.2 Å². The Morgan fingerprint density at radius 2 is 2.00 bits per heavy atom. The number of benzene rings is 1. The maximum atomic E-state index is 12.5. The second-order valence-electron chi connectivity index (χ2n) is 5.50. The Hall–Kier alpha value is -0.910. The molecule has 20 heavy (non-hydrogen) atoms. The van der Waals surface area contributed by atoms with Crippen LogP contribution in [0.1, 0.15) is 25.3 Å². The Morgan fingerprint density at radius 3 is 2.55 bits per heavy atom. The summed E-state index contributed by atoms with van der Waals surface area (Å²) in [7, 11) is -1.68. The van der Waals surface area contributed by atoms with Crippen molar-refractivity contribution in [3.05, 3.63) is 29.8 Å². The number of hydrogen-bond acceptors (Lipinski definition) is 3. The maximum Gasteiger partial charge on any atom is 0.242 e. The molecule has 1 aliphatic rings. The second-order valence-corrected chi connectivity index (χ2v) is 7.54. The van der Waals surface area contributed by atoms with Crippen molar-refractivity contribution in [2.75, 3.05) is 26.7 Å². The molecule has 5 heteroatoms. The van der Waals surface area contributed by atoms with Crippen LogP contribution in [-0.2, 0) is 16.4 Å². The third-order valence-electron chi connectivity index (χ3n) is 3.95. The first-order valence-electron chi connectivity index (χ1n) is 7.30. The number of nitrogens with one attached hydrogen (secondary N) is 1. The van der Waals surface area contributed by atoms with Gasteiger partial charge in [0.1, 0.15) is 0 Å². The van der Waals surface area contributed by atoms with Crippen LogP contribution in [0.15, 0.2) is 29.2 Å². The van der Waals surface area contributed by atoms with Crippen molar-refractivity contribution in [3.8, 4) is 0 Å². The number of rotatable bonds is 5. The predicted molar refractivity (Wildman–Crippen MR) is 81.2 cm³/mol. The Labute approximate surface area is 122 Å².